The van der Waals surface area contributed by atoms with E-state index in [-0.39, 0.29) is 6.10 Å². The van der Waals surface area contributed by atoms with E-state index in [1.807, 2.05) is 35.2 Å². The molecule has 0 radical (unpaired) electrons. The standard InChI is InChI=1S/C20H21N5OS/c1-12-9-21-10-13-8-17(27-20(12)13)16-11-22-19-7-6-18(24-25(16)19)23-14-2-4-15(26)5-3-14/h6-11,14-15,26H,2-5H2,1H3,(H,23,24). The van der Waals surface area contributed by atoms with E-state index in [4.69, 9.17) is 5.10 Å². The summed E-state index contributed by atoms with van der Waals surface area (Å²) in [6.45, 7) is 2.09. The van der Waals surface area contributed by atoms with E-state index >= 15 is 0 Å². The molecule has 5 rings (SSSR count). The average molecular weight is 379 g/mol. The molecule has 2 N–H and O–H groups in total. The van der Waals surface area contributed by atoms with Gasteiger partial charge in [-0.25, -0.2) is 9.50 Å². The molecule has 4 aromatic heterocycles. The average Bonchev–Trinajstić information content (AvgIpc) is 3.28. The number of aryl methyl sites for hydroxylation is 1. The van der Waals surface area contributed by atoms with Gasteiger partial charge in [0.25, 0.3) is 0 Å². The highest BCUT2D eigenvalue weighted by Crippen LogP contribution is 2.35. The third-order valence-corrected chi connectivity index (χ3v) is 6.57. The number of fused-ring (bicyclic) bond motifs is 2. The number of rotatable bonds is 3. The van der Waals surface area contributed by atoms with Gasteiger partial charge < -0.3 is 10.4 Å². The second-order valence-electron chi connectivity index (χ2n) is 7.27. The lowest BCUT2D eigenvalue weighted by molar-refractivity contribution is 0.126. The van der Waals surface area contributed by atoms with Gasteiger partial charge >= 0.3 is 0 Å². The number of pyridine rings is 1. The number of nitrogens with zero attached hydrogens (tertiary/aromatic N) is 4. The van der Waals surface area contributed by atoms with Crippen molar-refractivity contribution in [1.82, 2.24) is 19.6 Å². The van der Waals surface area contributed by atoms with Crippen molar-refractivity contribution in [3.63, 3.8) is 0 Å². The monoisotopic (exact) mass is 379 g/mol. The van der Waals surface area contributed by atoms with Crippen molar-refractivity contribution in [2.45, 2.75) is 44.8 Å². The molecule has 4 aromatic rings. The minimum absolute atomic E-state index is 0.148. The molecule has 138 valence electrons. The molecule has 0 atom stereocenters. The smallest absolute Gasteiger partial charge is 0.154 e. The second kappa shape index (κ2) is 6.58. The second-order valence-corrected chi connectivity index (χ2v) is 8.32. The van der Waals surface area contributed by atoms with E-state index in [0.717, 1.165) is 53.1 Å². The molecular weight excluding hydrogens is 358 g/mol. The molecule has 27 heavy (non-hydrogen) atoms. The minimum atomic E-state index is -0.148. The lowest BCUT2D eigenvalue weighted by Gasteiger charge is -2.26. The summed E-state index contributed by atoms with van der Waals surface area (Å²) in [5.41, 5.74) is 3.02. The maximum atomic E-state index is 9.69. The van der Waals surface area contributed by atoms with Crippen LogP contribution in [0.15, 0.2) is 36.8 Å². The van der Waals surface area contributed by atoms with Crippen molar-refractivity contribution >= 4 is 32.9 Å². The Morgan fingerprint density at radius 1 is 1.15 bits per heavy atom. The van der Waals surface area contributed by atoms with Gasteiger partial charge in [0.15, 0.2) is 5.65 Å². The quantitative estimate of drug-likeness (QED) is 0.562. The summed E-state index contributed by atoms with van der Waals surface area (Å²) in [5, 5.41) is 19.2. The van der Waals surface area contributed by atoms with Crippen LogP contribution in [-0.4, -0.2) is 36.8 Å². The fourth-order valence-electron chi connectivity index (χ4n) is 3.77. The maximum Gasteiger partial charge on any atom is 0.154 e. The van der Waals surface area contributed by atoms with Gasteiger partial charge in [-0.2, -0.15) is 0 Å². The number of anilines is 1. The van der Waals surface area contributed by atoms with E-state index < -0.39 is 0 Å². The summed E-state index contributed by atoms with van der Waals surface area (Å²) in [4.78, 5) is 9.95. The first-order valence-electron chi connectivity index (χ1n) is 9.31. The molecule has 1 saturated carbocycles. The van der Waals surface area contributed by atoms with Crippen molar-refractivity contribution in [3.05, 3.63) is 42.4 Å². The van der Waals surface area contributed by atoms with E-state index in [9.17, 15) is 5.11 Å². The fraction of sp³-hybridized carbons (Fsp3) is 0.350. The zero-order chi connectivity index (χ0) is 18.4. The predicted octanol–water partition coefficient (Wildman–Crippen LogP) is 4.03. The Morgan fingerprint density at radius 2 is 2.00 bits per heavy atom. The highest BCUT2D eigenvalue weighted by molar-refractivity contribution is 7.22. The molecule has 1 aliphatic rings. The lowest BCUT2D eigenvalue weighted by atomic mass is 9.93. The number of aromatic nitrogens is 4. The molecule has 0 amide bonds. The van der Waals surface area contributed by atoms with Crippen LogP contribution >= 0.6 is 11.3 Å². The normalized spacial score (nSPS) is 20.4. The summed E-state index contributed by atoms with van der Waals surface area (Å²) >= 11 is 1.75. The summed E-state index contributed by atoms with van der Waals surface area (Å²) < 4.78 is 3.16. The van der Waals surface area contributed by atoms with Gasteiger partial charge in [0.2, 0.25) is 0 Å². The van der Waals surface area contributed by atoms with Crippen LogP contribution in [-0.2, 0) is 0 Å². The molecule has 4 heterocycles. The molecule has 0 spiro atoms. The van der Waals surface area contributed by atoms with E-state index in [0.29, 0.717) is 6.04 Å². The van der Waals surface area contributed by atoms with Crippen molar-refractivity contribution in [1.29, 1.82) is 0 Å². The van der Waals surface area contributed by atoms with Crippen molar-refractivity contribution in [3.8, 4) is 10.6 Å². The van der Waals surface area contributed by atoms with Crippen LogP contribution in [0.1, 0.15) is 31.2 Å². The number of aliphatic hydroxyl groups excluding tert-OH is 1. The summed E-state index contributed by atoms with van der Waals surface area (Å²) in [7, 11) is 0. The van der Waals surface area contributed by atoms with E-state index in [1.165, 1.54) is 10.3 Å². The van der Waals surface area contributed by atoms with E-state index in [2.05, 4.69) is 28.3 Å². The SMILES string of the molecule is Cc1cncc2cc(-c3cnc4ccc(NC5CCC(O)CC5)nn34)sc12. The van der Waals surface area contributed by atoms with Crippen LogP contribution in [0.3, 0.4) is 0 Å². The Labute approximate surface area is 160 Å². The first kappa shape index (κ1) is 16.6. The molecule has 0 bridgehead atoms. The zero-order valence-corrected chi connectivity index (χ0v) is 15.9. The van der Waals surface area contributed by atoms with Gasteiger partial charge in [0.1, 0.15) is 11.5 Å². The number of nitrogens with one attached hydrogen (secondary N) is 1. The van der Waals surface area contributed by atoms with Gasteiger partial charge in [0, 0.05) is 28.5 Å². The Bertz CT molecular complexity index is 1110. The van der Waals surface area contributed by atoms with Gasteiger partial charge in [-0.05, 0) is 56.4 Å². The van der Waals surface area contributed by atoms with E-state index in [1.54, 1.807) is 11.3 Å². The number of hydrogen-bond donors (Lipinski definition) is 2. The molecule has 0 aromatic carbocycles. The lowest BCUT2D eigenvalue weighted by Crippen LogP contribution is -2.28. The first-order valence-corrected chi connectivity index (χ1v) is 10.1. The Morgan fingerprint density at radius 3 is 2.81 bits per heavy atom. The highest BCUT2D eigenvalue weighted by Gasteiger charge is 2.20. The van der Waals surface area contributed by atoms with Crippen molar-refractivity contribution in [2.75, 3.05) is 5.32 Å². The molecule has 0 aliphatic heterocycles. The van der Waals surface area contributed by atoms with Crippen LogP contribution in [0.2, 0.25) is 0 Å². The largest absolute Gasteiger partial charge is 0.393 e. The third kappa shape index (κ3) is 3.07. The van der Waals surface area contributed by atoms with Gasteiger partial charge in [0.05, 0.1) is 17.2 Å². The molecule has 7 heteroatoms. The third-order valence-electron chi connectivity index (χ3n) is 5.26. The number of hydrogen-bond acceptors (Lipinski definition) is 6. The van der Waals surface area contributed by atoms with Gasteiger partial charge in [-0.1, -0.05) is 0 Å². The summed E-state index contributed by atoms with van der Waals surface area (Å²) in [6, 6.07) is 6.50. The Hall–Kier alpha value is -2.51. The van der Waals surface area contributed by atoms with Gasteiger partial charge in [-0.15, -0.1) is 16.4 Å². The number of imidazole rings is 1. The van der Waals surface area contributed by atoms with Crippen molar-refractivity contribution in [2.24, 2.45) is 0 Å². The van der Waals surface area contributed by atoms with Crippen LogP contribution in [0.5, 0.6) is 0 Å². The topological polar surface area (TPSA) is 75.3 Å². The Kier molecular flexibility index (Phi) is 4.06. The number of thiophene rings is 1. The van der Waals surface area contributed by atoms with Crippen LogP contribution in [0.25, 0.3) is 26.3 Å². The zero-order valence-electron chi connectivity index (χ0n) is 15.1. The first-order chi connectivity index (χ1) is 13.2. The molecule has 0 unspecified atom stereocenters. The Balaban J connectivity index is 1.50. The fourth-order valence-corrected chi connectivity index (χ4v) is 4.86. The van der Waals surface area contributed by atoms with Crippen molar-refractivity contribution < 1.29 is 5.11 Å². The summed E-state index contributed by atoms with van der Waals surface area (Å²) in [6.07, 6.45) is 9.19. The summed E-state index contributed by atoms with van der Waals surface area (Å²) in [5.74, 6) is 0.849. The molecule has 1 fully saturated rings. The van der Waals surface area contributed by atoms with Gasteiger partial charge in [-0.3, -0.25) is 4.98 Å². The maximum absolute atomic E-state index is 9.69. The van der Waals surface area contributed by atoms with Crippen LogP contribution < -0.4 is 5.32 Å². The molecule has 1 aliphatic carbocycles. The van der Waals surface area contributed by atoms with Crippen LogP contribution in [0, 0.1) is 6.92 Å². The number of aliphatic hydroxyl groups is 1. The van der Waals surface area contributed by atoms with Crippen LogP contribution in [0.4, 0.5) is 5.82 Å². The molecule has 6 nitrogen and oxygen atoms in total. The molecule has 0 saturated heterocycles. The minimum Gasteiger partial charge on any atom is -0.393 e. The molecular formula is C20H21N5OS. The predicted molar refractivity (Wildman–Crippen MR) is 108 cm³/mol. The highest BCUT2D eigenvalue weighted by atomic mass is 32.1.